The predicted octanol–water partition coefficient (Wildman–Crippen LogP) is 6.90. The Morgan fingerprint density at radius 1 is 0.667 bits per heavy atom. The molecule has 0 amide bonds. The first-order valence-corrected chi connectivity index (χ1v) is 12.2. The van der Waals surface area contributed by atoms with Gasteiger partial charge in [0.1, 0.15) is 12.2 Å². The van der Waals surface area contributed by atoms with Gasteiger partial charge in [0.15, 0.2) is 0 Å². The molecule has 0 saturated carbocycles. The van der Waals surface area contributed by atoms with Gasteiger partial charge in [-0.1, -0.05) is 65.8 Å². The lowest BCUT2D eigenvalue weighted by Gasteiger charge is -2.28. The Bertz CT molecular complexity index is 881. The van der Waals surface area contributed by atoms with Crippen LogP contribution in [0.25, 0.3) is 0 Å². The van der Waals surface area contributed by atoms with Gasteiger partial charge in [-0.25, -0.2) is 9.59 Å². The third-order valence-electron chi connectivity index (χ3n) is 5.95. The molecule has 4 heteroatoms. The molecule has 2 aromatic carbocycles. The highest BCUT2D eigenvalue weighted by molar-refractivity contribution is 5.90. The van der Waals surface area contributed by atoms with Gasteiger partial charge in [-0.2, -0.15) is 0 Å². The third-order valence-corrected chi connectivity index (χ3v) is 5.95. The first kappa shape index (κ1) is 26.6. The summed E-state index contributed by atoms with van der Waals surface area (Å²) in [5.74, 6) is 0.297. The molecule has 0 aliphatic heterocycles. The summed E-state index contributed by atoms with van der Waals surface area (Å²) >= 11 is 0. The van der Waals surface area contributed by atoms with Gasteiger partial charge in [0.2, 0.25) is 0 Å². The van der Waals surface area contributed by atoms with E-state index >= 15 is 0 Å². The largest absolute Gasteiger partial charge is 0.459 e. The van der Waals surface area contributed by atoms with Crippen molar-refractivity contribution >= 4 is 11.9 Å². The van der Waals surface area contributed by atoms with Crippen molar-refractivity contribution in [2.75, 3.05) is 0 Å². The fraction of sp³-hybridized carbons (Fsp3) is 0.517. The average Bonchev–Trinajstić information content (AvgIpc) is 2.76. The molecule has 2 rings (SSSR count). The molecule has 0 aliphatic carbocycles. The Balaban J connectivity index is 1.95. The summed E-state index contributed by atoms with van der Waals surface area (Å²) < 4.78 is 11.5. The third kappa shape index (κ3) is 8.34. The fourth-order valence-electron chi connectivity index (χ4n) is 3.91. The number of rotatable bonds is 11. The molecule has 33 heavy (non-hydrogen) atoms. The molecule has 4 nitrogen and oxygen atoms in total. The van der Waals surface area contributed by atoms with E-state index in [4.69, 9.17) is 9.47 Å². The van der Waals surface area contributed by atoms with Crippen molar-refractivity contribution in [1.82, 2.24) is 0 Å². The van der Waals surface area contributed by atoms with Gasteiger partial charge in [-0.15, -0.1) is 0 Å². The van der Waals surface area contributed by atoms with Crippen LogP contribution in [0.2, 0.25) is 0 Å². The van der Waals surface area contributed by atoms with E-state index in [2.05, 4.69) is 27.7 Å². The van der Waals surface area contributed by atoms with Gasteiger partial charge in [0, 0.05) is 5.92 Å². The van der Waals surface area contributed by atoms with Crippen LogP contribution in [0.1, 0.15) is 86.7 Å². The van der Waals surface area contributed by atoms with Crippen molar-refractivity contribution in [2.45, 2.75) is 79.9 Å². The number of hydrogen-bond acceptors (Lipinski definition) is 4. The Hall–Kier alpha value is -2.62. The summed E-state index contributed by atoms with van der Waals surface area (Å²) in [6.07, 6.45) is 1.87. The minimum atomic E-state index is -0.390. The zero-order valence-corrected chi connectivity index (χ0v) is 21.3. The van der Waals surface area contributed by atoms with Crippen LogP contribution < -0.4 is 0 Å². The second-order valence-electron chi connectivity index (χ2n) is 9.91. The van der Waals surface area contributed by atoms with E-state index in [-0.39, 0.29) is 30.1 Å². The van der Waals surface area contributed by atoms with E-state index in [1.807, 2.05) is 69.3 Å². The zero-order chi connectivity index (χ0) is 24.5. The van der Waals surface area contributed by atoms with Crippen molar-refractivity contribution in [1.29, 1.82) is 0 Å². The van der Waals surface area contributed by atoms with Crippen molar-refractivity contribution in [2.24, 2.45) is 17.8 Å². The number of esters is 2. The van der Waals surface area contributed by atoms with E-state index in [1.54, 1.807) is 0 Å². The molecule has 0 heterocycles. The first-order chi connectivity index (χ1) is 15.6. The van der Waals surface area contributed by atoms with E-state index in [9.17, 15) is 9.59 Å². The second-order valence-corrected chi connectivity index (χ2v) is 9.91. The minimum Gasteiger partial charge on any atom is -0.459 e. The highest BCUT2D eigenvalue weighted by Crippen LogP contribution is 2.21. The van der Waals surface area contributed by atoms with Crippen LogP contribution in [0, 0.1) is 17.8 Å². The molecule has 0 radical (unpaired) electrons. The summed E-state index contributed by atoms with van der Waals surface area (Å²) in [6, 6.07) is 15.2. The molecule has 0 spiro atoms. The molecule has 0 aromatic heterocycles. The van der Waals surface area contributed by atoms with Gasteiger partial charge >= 0.3 is 11.9 Å². The van der Waals surface area contributed by atoms with Crippen molar-refractivity contribution < 1.29 is 19.1 Å². The maximum absolute atomic E-state index is 12.7. The summed E-state index contributed by atoms with van der Waals surface area (Å²) in [6.45, 7) is 14.5. The van der Waals surface area contributed by atoms with Crippen LogP contribution in [0.3, 0.4) is 0 Å². The Labute approximate surface area is 199 Å². The maximum Gasteiger partial charge on any atom is 0.338 e. The van der Waals surface area contributed by atoms with Gasteiger partial charge < -0.3 is 9.47 Å². The second kappa shape index (κ2) is 12.6. The smallest absolute Gasteiger partial charge is 0.338 e. The van der Waals surface area contributed by atoms with Crippen LogP contribution in [0.4, 0.5) is 0 Å². The molecule has 3 atom stereocenters. The topological polar surface area (TPSA) is 52.6 Å². The Kier molecular flexibility index (Phi) is 10.1. The summed E-state index contributed by atoms with van der Waals surface area (Å²) in [5, 5.41) is 0. The lowest BCUT2D eigenvalue weighted by atomic mass is 9.96. The van der Waals surface area contributed by atoms with Crippen molar-refractivity contribution in [3.63, 3.8) is 0 Å². The minimum absolute atomic E-state index is 0.136. The molecule has 3 unspecified atom stereocenters. The lowest BCUT2D eigenvalue weighted by Crippen LogP contribution is -2.34. The molecule has 2 aromatic rings. The van der Waals surface area contributed by atoms with Crippen LogP contribution in [0.5, 0.6) is 0 Å². The monoisotopic (exact) mass is 452 g/mol. The molecular weight excluding hydrogens is 412 g/mol. The van der Waals surface area contributed by atoms with Crippen LogP contribution in [-0.4, -0.2) is 24.1 Å². The highest BCUT2D eigenvalue weighted by Gasteiger charge is 2.28. The van der Waals surface area contributed by atoms with E-state index in [0.29, 0.717) is 29.4 Å². The normalized spacial score (nSPS) is 14.1. The lowest BCUT2D eigenvalue weighted by molar-refractivity contribution is -0.0238. The molecule has 0 saturated heterocycles. The van der Waals surface area contributed by atoms with E-state index in [1.165, 1.54) is 11.1 Å². The fourth-order valence-corrected chi connectivity index (χ4v) is 3.91. The summed E-state index contributed by atoms with van der Waals surface area (Å²) in [4.78, 5) is 25.3. The van der Waals surface area contributed by atoms with Gasteiger partial charge in [-0.3, -0.25) is 0 Å². The summed E-state index contributed by atoms with van der Waals surface area (Å²) in [7, 11) is 0. The van der Waals surface area contributed by atoms with Crippen LogP contribution in [0.15, 0.2) is 48.5 Å². The number of carbonyl (C=O) groups excluding carboxylic acids is 2. The molecule has 0 aliphatic rings. The highest BCUT2D eigenvalue weighted by atomic mass is 16.6. The van der Waals surface area contributed by atoms with Gasteiger partial charge in [0.05, 0.1) is 11.1 Å². The van der Waals surface area contributed by atoms with Crippen LogP contribution in [-0.2, 0) is 22.3 Å². The Morgan fingerprint density at radius 2 is 1.06 bits per heavy atom. The number of hydrogen-bond donors (Lipinski definition) is 0. The SMILES string of the molecule is CCC(OC(=O)c1ccc(CC(C)C)cc1)C(C)C(C)OC(=O)c1ccc(CC(C)C)cc1. The Morgan fingerprint density at radius 3 is 1.42 bits per heavy atom. The molecular formula is C29H40O4. The maximum atomic E-state index is 12.7. The van der Waals surface area contributed by atoms with Crippen molar-refractivity contribution in [3.05, 3.63) is 70.8 Å². The van der Waals surface area contributed by atoms with Gasteiger partial charge in [-0.05, 0) is 73.4 Å². The van der Waals surface area contributed by atoms with Crippen LogP contribution >= 0.6 is 0 Å². The quantitative estimate of drug-likeness (QED) is 0.348. The zero-order valence-electron chi connectivity index (χ0n) is 21.3. The molecule has 0 N–H and O–H groups in total. The number of ether oxygens (including phenoxy) is 2. The molecule has 0 bridgehead atoms. The van der Waals surface area contributed by atoms with Gasteiger partial charge in [0.25, 0.3) is 0 Å². The molecule has 180 valence electrons. The van der Waals surface area contributed by atoms with Crippen molar-refractivity contribution in [3.8, 4) is 0 Å². The van der Waals surface area contributed by atoms with E-state index in [0.717, 1.165) is 12.8 Å². The predicted molar refractivity (Wildman–Crippen MR) is 134 cm³/mol. The number of benzene rings is 2. The number of carbonyl (C=O) groups is 2. The first-order valence-electron chi connectivity index (χ1n) is 12.2. The standard InChI is InChI=1S/C29H40O4/c1-8-27(33-29(31)26-15-11-24(12-16-26)18-20(4)5)21(6)22(7)32-28(30)25-13-9-23(10-14-25)17-19(2)3/h9-16,19-22,27H,8,17-18H2,1-7H3. The molecule has 0 fully saturated rings. The van der Waals surface area contributed by atoms with E-state index < -0.39 is 0 Å². The average molecular weight is 453 g/mol. The summed E-state index contributed by atoms with van der Waals surface area (Å²) in [5.41, 5.74) is 3.49.